The van der Waals surface area contributed by atoms with E-state index in [-0.39, 0.29) is 0 Å². The van der Waals surface area contributed by atoms with E-state index < -0.39 is 0 Å². The minimum absolute atomic E-state index is 0.709. The maximum absolute atomic E-state index is 5.43. The van der Waals surface area contributed by atoms with Gasteiger partial charge in [-0.15, -0.1) is 0 Å². The largest absolute Gasteiger partial charge is 0.439 e. The van der Waals surface area contributed by atoms with Gasteiger partial charge >= 0.3 is 0 Å². The van der Waals surface area contributed by atoms with Gasteiger partial charge in [-0.05, 0) is 18.6 Å². The van der Waals surface area contributed by atoms with E-state index >= 15 is 0 Å². The third kappa shape index (κ3) is 2.31. The number of pyridine rings is 1. The summed E-state index contributed by atoms with van der Waals surface area (Å²) in [4.78, 5) is 8.30. The van der Waals surface area contributed by atoms with Crippen molar-refractivity contribution in [2.45, 2.75) is 33.6 Å². The van der Waals surface area contributed by atoms with Gasteiger partial charge in [0.1, 0.15) is 0 Å². The van der Waals surface area contributed by atoms with Crippen LogP contribution in [0.25, 0.3) is 11.2 Å². The van der Waals surface area contributed by atoms with Gasteiger partial charge in [-0.25, -0.2) is 4.98 Å². The lowest BCUT2D eigenvalue weighted by molar-refractivity contribution is 0.525. The third-order valence-electron chi connectivity index (χ3n) is 1.67. The lowest BCUT2D eigenvalue weighted by Crippen LogP contribution is -1.80. The highest BCUT2D eigenvalue weighted by Gasteiger charge is 2.03. The van der Waals surface area contributed by atoms with Crippen LogP contribution in [0.5, 0.6) is 0 Å². The molecule has 0 N–H and O–H groups in total. The van der Waals surface area contributed by atoms with Crippen LogP contribution in [0.1, 0.15) is 33.1 Å². The van der Waals surface area contributed by atoms with Crippen LogP contribution in [0.15, 0.2) is 22.7 Å². The standard InChI is InChI=1S/C9H10N2O.C2H6/c1-2-4-8-11-9-7(12-8)5-3-6-10-9;1-2/h3,5-6H,2,4H2,1H3;1-2H3. The molecule has 0 radical (unpaired) electrons. The van der Waals surface area contributed by atoms with Crippen molar-refractivity contribution in [2.24, 2.45) is 0 Å². The summed E-state index contributed by atoms with van der Waals surface area (Å²) in [5.74, 6) is 0.784. The fourth-order valence-corrected chi connectivity index (χ4v) is 1.13. The van der Waals surface area contributed by atoms with E-state index in [1.165, 1.54) is 0 Å². The molecule has 76 valence electrons. The molecule has 3 heteroatoms. The average molecular weight is 192 g/mol. The van der Waals surface area contributed by atoms with Crippen LogP contribution >= 0.6 is 0 Å². The normalized spacial score (nSPS) is 9.64. The van der Waals surface area contributed by atoms with Crippen LogP contribution in [-0.4, -0.2) is 9.97 Å². The molecule has 0 fully saturated rings. The maximum Gasteiger partial charge on any atom is 0.198 e. The summed E-state index contributed by atoms with van der Waals surface area (Å²) in [6.07, 6.45) is 3.66. The lowest BCUT2D eigenvalue weighted by atomic mass is 10.3. The van der Waals surface area contributed by atoms with Crippen molar-refractivity contribution >= 4 is 11.2 Å². The van der Waals surface area contributed by atoms with Gasteiger partial charge in [0.2, 0.25) is 0 Å². The Labute approximate surface area is 84.2 Å². The summed E-state index contributed by atoms with van der Waals surface area (Å²) in [6, 6.07) is 3.73. The zero-order valence-electron chi connectivity index (χ0n) is 8.95. The Kier molecular flexibility index (Phi) is 4.11. The number of fused-ring (bicyclic) bond motifs is 1. The summed E-state index contributed by atoms with van der Waals surface area (Å²) in [5, 5.41) is 0. The first-order valence-corrected chi connectivity index (χ1v) is 5.10. The molecule has 2 aromatic rings. The Hall–Kier alpha value is -1.38. The lowest BCUT2D eigenvalue weighted by Gasteiger charge is -1.84. The minimum Gasteiger partial charge on any atom is -0.439 e. The quantitative estimate of drug-likeness (QED) is 0.733. The van der Waals surface area contributed by atoms with E-state index in [1.54, 1.807) is 6.20 Å². The molecule has 3 nitrogen and oxygen atoms in total. The second-order valence-electron chi connectivity index (χ2n) is 2.68. The first kappa shape index (κ1) is 10.7. The highest BCUT2D eigenvalue weighted by molar-refractivity contribution is 5.66. The smallest absolute Gasteiger partial charge is 0.198 e. The molecule has 0 aromatic carbocycles. The predicted molar refractivity (Wildman–Crippen MR) is 57.1 cm³/mol. The van der Waals surface area contributed by atoms with Crippen molar-refractivity contribution in [3.8, 4) is 0 Å². The molecule has 0 aliphatic rings. The molecule has 2 heterocycles. The molecule has 2 aromatic heterocycles. The van der Waals surface area contributed by atoms with Crippen molar-refractivity contribution in [2.75, 3.05) is 0 Å². The number of aromatic nitrogens is 2. The van der Waals surface area contributed by atoms with Crippen molar-refractivity contribution in [1.29, 1.82) is 0 Å². The van der Waals surface area contributed by atoms with Crippen LogP contribution in [0.3, 0.4) is 0 Å². The topological polar surface area (TPSA) is 38.9 Å². The fourth-order valence-electron chi connectivity index (χ4n) is 1.13. The maximum atomic E-state index is 5.43. The van der Waals surface area contributed by atoms with E-state index in [4.69, 9.17) is 4.42 Å². The minimum atomic E-state index is 0.709. The molecule has 0 aliphatic heterocycles. The second-order valence-corrected chi connectivity index (χ2v) is 2.68. The number of rotatable bonds is 2. The van der Waals surface area contributed by atoms with Gasteiger partial charge in [0.05, 0.1) is 0 Å². The number of hydrogen-bond donors (Lipinski definition) is 0. The van der Waals surface area contributed by atoms with E-state index in [1.807, 2.05) is 26.0 Å². The van der Waals surface area contributed by atoms with Crippen molar-refractivity contribution < 1.29 is 4.42 Å². The molecule has 0 unspecified atom stereocenters. The van der Waals surface area contributed by atoms with Gasteiger partial charge in [-0.2, -0.15) is 4.98 Å². The van der Waals surface area contributed by atoms with E-state index in [0.29, 0.717) is 5.65 Å². The molecule has 0 aliphatic carbocycles. The van der Waals surface area contributed by atoms with Crippen molar-refractivity contribution in [3.05, 3.63) is 24.2 Å². The SMILES string of the molecule is CC.CCCc1nc2ncccc2o1. The van der Waals surface area contributed by atoms with E-state index in [2.05, 4.69) is 16.9 Å². The Balaban J connectivity index is 0.000000461. The van der Waals surface area contributed by atoms with Crippen LogP contribution < -0.4 is 0 Å². The zero-order chi connectivity index (χ0) is 10.4. The molecule has 0 atom stereocenters. The summed E-state index contributed by atoms with van der Waals surface area (Å²) in [7, 11) is 0. The molecule has 14 heavy (non-hydrogen) atoms. The molecule has 0 saturated heterocycles. The Morgan fingerprint density at radius 2 is 2.14 bits per heavy atom. The third-order valence-corrected chi connectivity index (χ3v) is 1.67. The van der Waals surface area contributed by atoms with Crippen LogP contribution in [0.4, 0.5) is 0 Å². The first-order chi connectivity index (χ1) is 6.90. The number of aryl methyl sites for hydroxylation is 1. The molecule has 0 bridgehead atoms. The fraction of sp³-hybridized carbons (Fsp3) is 0.455. The summed E-state index contributed by atoms with van der Waals surface area (Å²) < 4.78 is 5.43. The highest BCUT2D eigenvalue weighted by atomic mass is 16.3. The van der Waals surface area contributed by atoms with Gasteiger partial charge in [0, 0.05) is 12.6 Å². The van der Waals surface area contributed by atoms with Crippen molar-refractivity contribution in [1.82, 2.24) is 9.97 Å². The summed E-state index contributed by atoms with van der Waals surface area (Å²) in [5.41, 5.74) is 1.49. The monoisotopic (exact) mass is 192 g/mol. The van der Waals surface area contributed by atoms with E-state index in [9.17, 15) is 0 Å². The molecular formula is C11H16N2O. The van der Waals surface area contributed by atoms with Gasteiger partial charge in [-0.3, -0.25) is 0 Å². The Bertz CT molecular complexity index is 348. The molecule has 0 saturated carbocycles. The van der Waals surface area contributed by atoms with Gasteiger partial charge in [0.15, 0.2) is 17.1 Å². The van der Waals surface area contributed by atoms with Gasteiger partial charge in [0.25, 0.3) is 0 Å². The molecule has 2 rings (SSSR count). The zero-order valence-corrected chi connectivity index (χ0v) is 8.95. The number of hydrogen-bond acceptors (Lipinski definition) is 3. The van der Waals surface area contributed by atoms with E-state index in [0.717, 1.165) is 24.3 Å². The Morgan fingerprint density at radius 1 is 1.36 bits per heavy atom. The summed E-state index contributed by atoms with van der Waals surface area (Å²) in [6.45, 7) is 6.10. The number of nitrogens with zero attached hydrogens (tertiary/aromatic N) is 2. The second kappa shape index (κ2) is 5.37. The van der Waals surface area contributed by atoms with Crippen molar-refractivity contribution in [3.63, 3.8) is 0 Å². The Morgan fingerprint density at radius 3 is 2.79 bits per heavy atom. The first-order valence-electron chi connectivity index (χ1n) is 5.10. The van der Waals surface area contributed by atoms with Gasteiger partial charge < -0.3 is 4.42 Å². The predicted octanol–water partition coefficient (Wildman–Crippen LogP) is 3.20. The molecule has 0 amide bonds. The van der Waals surface area contributed by atoms with Crippen LogP contribution in [0, 0.1) is 0 Å². The molecular weight excluding hydrogens is 176 g/mol. The molecule has 0 spiro atoms. The highest BCUT2D eigenvalue weighted by Crippen LogP contribution is 2.12. The van der Waals surface area contributed by atoms with Crippen LogP contribution in [0.2, 0.25) is 0 Å². The average Bonchev–Trinajstić information content (AvgIpc) is 2.63. The van der Waals surface area contributed by atoms with Crippen LogP contribution in [-0.2, 0) is 6.42 Å². The number of oxazole rings is 1. The van der Waals surface area contributed by atoms with Gasteiger partial charge in [-0.1, -0.05) is 20.8 Å². The summed E-state index contributed by atoms with van der Waals surface area (Å²) >= 11 is 0.